The zero-order valence-corrected chi connectivity index (χ0v) is 19.9. The van der Waals surface area contributed by atoms with E-state index in [1.807, 2.05) is 42.5 Å². The highest BCUT2D eigenvalue weighted by Crippen LogP contribution is 2.32. The lowest BCUT2D eigenvalue weighted by molar-refractivity contribution is -0.136. The number of nitrogens with zero attached hydrogens (tertiary/aromatic N) is 2. The zero-order chi connectivity index (χ0) is 25.1. The topological polar surface area (TPSA) is 98.5 Å². The van der Waals surface area contributed by atoms with Crippen molar-refractivity contribution >= 4 is 26.9 Å². The second-order valence-electron chi connectivity index (χ2n) is 8.19. The molecule has 5 rings (SSSR count). The van der Waals surface area contributed by atoms with Crippen molar-refractivity contribution in [1.29, 1.82) is 0 Å². The van der Waals surface area contributed by atoms with Crippen molar-refractivity contribution in [3.63, 3.8) is 0 Å². The fourth-order valence-corrected chi connectivity index (χ4v) is 5.43. The van der Waals surface area contributed by atoms with E-state index in [1.54, 1.807) is 42.6 Å². The normalized spacial score (nSPS) is 11.4. The summed E-state index contributed by atoms with van der Waals surface area (Å²) in [5.74, 6) is -0.0806. The minimum Gasteiger partial charge on any atom is -0.481 e. The van der Waals surface area contributed by atoms with Gasteiger partial charge in [-0.25, -0.2) is 17.4 Å². The molecule has 1 N–H and O–H groups in total. The number of carboxylic acids is 1. The fourth-order valence-electron chi connectivity index (χ4n) is 4.04. The number of aryl methyl sites for hydroxylation is 1. The van der Waals surface area contributed by atoms with E-state index in [9.17, 15) is 18.3 Å². The van der Waals surface area contributed by atoms with Gasteiger partial charge in [0.1, 0.15) is 5.75 Å². The summed E-state index contributed by atoms with van der Waals surface area (Å²) in [6.45, 7) is 0. The van der Waals surface area contributed by atoms with E-state index in [1.165, 1.54) is 22.3 Å². The van der Waals surface area contributed by atoms with E-state index in [0.717, 1.165) is 11.1 Å². The van der Waals surface area contributed by atoms with Crippen LogP contribution in [0.5, 0.6) is 11.6 Å². The van der Waals surface area contributed by atoms with E-state index in [-0.39, 0.29) is 17.7 Å². The molecule has 36 heavy (non-hydrogen) atoms. The maximum atomic E-state index is 13.6. The first kappa shape index (κ1) is 23.3. The van der Waals surface area contributed by atoms with Crippen molar-refractivity contribution in [1.82, 2.24) is 8.96 Å². The Morgan fingerprint density at radius 3 is 2.33 bits per heavy atom. The quantitative estimate of drug-likeness (QED) is 0.293. The Balaban J connectivity index is 1.54. The molecule has 0 aliphatic carbocycles. The number of aliphatic carboxylic acids is 1. The molecule has 0 saturated heterocycles. The number of ether oxygens (including phenoxy) is 1. The molecule has 2 heterocycles. The zero-order valence-electron chi connectivity index (χ0n) is 19.1. The molecule has 8 heteroatoms. The highest BCUT2D eigenvalue weighted by Gasteiger charge is 2.22. The molecule has 0 saturated carbocycles. The molecular formula is C28H22N2O5S. The van der Waals surface area contributed by atoms with Gasteiger partial charge >= 0.3 is 5.97 Å². The predicted molar refractivity (Wildman–Crippen MR) is 137 cm³/mol. The van der Waals surface area contributed by atoms with Crippen molar-refractivity contribution in [2.24, 2.45) is 0 Å². The van der Waals surface area contributed by atoms with E-state index in [4.69, 9.17) is 4.74 Å². The van der Waals surface area contributed by atoms with Crippen molar-refractivity contribution in [3.05, 3.63) is 109 Å². The van der Waals surface area contributed by atoms with Crippen LogP contribution in [-0.2, 0) is 21.2 Å². The number of fused-ring (bicyclic) bond motifs is 1. The summed E-state index contributed by atoms with van der Waals surface area (Å²) >= 11 is 0. The van der Waals surface area contributed by atoms with Crippen molar-refractivity contribution in [2.75, 3.05) is 0 Å². The van der Waals surface area contributed by atoms with Gasteiger partial charge in [-0.05, 0) is 65.6 Å². The van der Waals surface area contributed by atoms with Crippen LogP contribution in [0.2, 0.25) is 0 Å². The molecule has 0 atom stereocenters. The third kappa shape index (κ3) is 4.71. The molecule has 0 fully saturated rings. The molecule has 0 aliphatic heterocycles. The third-order valence-corrected chi connectivity index (χ3v) is 7.50. The number of carboxylic acid groups (broad SMARTS) is 1. The lowest BCUT2D eigenvalue weighted by Crippen LogP contribution is -2.11. The van der Waals surface area contributed by atoms with Crippen molar-refractivity contribution in [2.45, 2.75) is 17.7 Å². The van der Waals surface area contributed by atoms with Crippen molar-refractivity contribution < 1.29 is 23.1 Å². The molecule has 7 nitrogen and oxygen atoms in total. The summed E-state index contributed by atoms with van der Waals surface area (Å²) in [4.78, 5) is 15.4. The number of aromatic nitrogens is 2. The molecule has 0 radical (unpaired) electrons. The highest BCUT2D eigenvalue weighted by molar-refractivity contribution is 7.90. The monoisotopic (exact) mass is 498 g/mol. The van der Waals surface area contributed by atoms with Crippen LogP contribution in [0.3, 0.4) is 0 Å². The molecule has 180 valence electrons. The molecule has 0 aliphatic rings. The van der Waals surface area contributed by atoms with Crippen LogP contribution >= 0.6 is 0 Å². The number of carbonyl (C=O) groups is 1. The first-order valence-electron chi connectivity index (χ1n) is 11.3. The van der Waals surface area contributed by atoms with Crippen molar-refractivity contribution in [3.8, 4) is 22.8 Å². The summed E-state index contributed by atoms with van der Waals surface area (Å²) < 4.78 is 34.1. The van der Waals surface area contributed by atoms with Crippen LogP contribution in [0.4, 0.5) is 0 Å². The van der Waals surface area contributed by atoms with Gasteiger partial charge in [-0.3, -0.25) is 4.79 Å². The average Bonchev–Trinajstić information content (AvgIpc) is 3.28. The summed E-state index contributed by atoms with van der Waals surface area (Å²) in [6, 6.07) is 26.7. The molecule has 0 amide bonds. The lowest BCUT2D eigenvalue weighted by atomic mass is 10.0. The average molecular weight is 499 g/mol. The Morgan fingerprint density at radius 2 is 1.64 bits per heavy atom. The summed E-state index contributed by atoms with van der Waals surface area (Å²) in [5.41, 5.74) is 3.06. The second kappa shape index (κ2) is 9.67. The first-order chi connectivity index (χ1) is 17.4. The standard InChI is InChI=1S/C28H22N2O5S/c31-28(32)16-10-22-19-30(26-15-9-21(18-25(22)26)20-6-2-1-3-7-20)36(33,34)24-13-11-23(12-14-24)35-27-8-4-5-17-29-27/h1-9,11-15,17-19H,10,16H2,(H,31,32). The molecule has 0 unspecified atom stereocenters. The number of rotatable bonds is 8. The van der Waals surface area contributed by atoms with Gasteiger partial charge in [-0.15, -0.1) is 0 Å². The van der Waals surface area contributed by atoms with Crippen LogP contribution < -0.4 is 4.74 Å². The molecule has 2 aromatic heterocycles. The highest BCUT2D eigenvalue weighted by atomic mass is 32.2. The molecular weight excluding hydrogens is 476 g/mol. The second-order valence-corrected chi connectivity index (χ2v) is 10.0. The van der Waals surface area contributed by atoms with Gasteiger partial charge in [-0.1, -0.05) is 42.5 Å². The molecule has 0 bridgehead atoms. The largest absolute Gasteiger partial charge is 0.481 e. The van der Waals surface area contributed by atoms with Gasteiger partial charge in [0.15, 0.2) is 0 Å². The summed E-state index contributed by atoms with van der Waals surface area (Å²) in [6.07, 6.45) is 3.24. The Morgan fingerprint density at radius 1 is 0.889 bits per heavy atom. The van der Waals surface area contributed by atoms with E-state index < -0.39 is 16.0 Å². The number of pyridine rings is 1. The minimum absolute atomic E-state index is 0.0877. The Hall–Kier alpha value is -4.43. The van der Waals surface area contributed by atoms with E-state index in [0.29, 0.717) is 28.1 Å². The van der Waals surface area contributed by atoms with Gasteiger partial charge in [0.05, 0.1) is 10.4 Å². The maximum Gasteiger partial charge on any atom is 0.303 e. The first-order valence-corrected chi connectivity index (χ1v) is 12.7. The predicted octanol–water partition coefficient (Wildman–Crippen LogP) is 5.75. The smallest absolute Gasteiger partial charge is 0.303 e. The Bertz CT molecular complexity index is 1630. The van der Waals surface area contributed by atoms with Gasteiger partial charge < -0.3 is 9.84 Å². The Kier molecular flexibility index (Phi) is 6.26. The third-order valence-electron chi connectivity index (χ3n) is 5.81. The summed E-state index contributed by atoms with van der Waals surface area (Å²) in [5, 5.41) is 9.92. The number of benzene rings is 3. The number of hydrogen-bond donors (Lipinski definition) is 1. The molecule has 5 aromatic rings. The van der Waals surface area contributed by atoms with Crippen LogP contribution in [0, 0.1) is 0 Å². The molecule has 3 aromatic carbocycles. The van der Waals surface area contributed by atoms with Crippen LogP contribution in [0.25, 0.3) is 22.0 Å². The Labute approximate surface area is 208 Å². The fraction of sp³-hybridized carbons (Fsp3) is 0.0714. The summed E-state index contributed by atoms with van der Waals surface area (Å²) in [7, 11) is -3.95. The van der Waals surface area contributed by atoms with Gasteiger partial charge in [0.2, 0.25) is 5.88 Å². The molecule has 0 spiro atoms. The van der Waals surface area contributed by atoms with Crippen LogP contribution in [0.1, 0.15) is 12.0 Å². The van der Waals surface area contributed by atoms with Gasteiger partial charge in [-0.2, -0.15) is 0 Å². The minimum atomic E-state index is -3.95. The lowest BCUT2D eigenvalue weighted by Gasteiger charge is -2.10. The van der Waals surface area contributed by atoms with E-state index >= 15 is 0 Å². The maximum absolute atomic E-state index is 13.6. The number of hydrogen-bond acceptors (Lipinski definition) is 5. The van der Waals surface area contributed by atoms with Gasteiger partial charge in [0.25, 0.3) is 10.0 Å². The van der Waals surface area contributed by atoms with Crippen LogP contribution in [-0.4, -0.2) is 28.5 Å². The van der Waals surface area contributed by atoms with Gasteiger partial charge in [0, 0.05) is 30.3 Å². The van der Waals surface area contributed by atoms with Crippen LogP contribution in [0.15, 0.2) is 108 Å². The van der Waals surface area contributed by atoms with E-state index in [2.05, 4.69) is 4.98 Å². The SMILES string of the molecule is O=C(O)CCc1cn(S(=O)(=O)c2ccc(Oc3ccccn3)cc2)c2ccc(-c3ccccc3)cc12.